The summed E-state index contributed by atoms with van der Waals surface area (Å²) in [7, 11) is -3.45. The molecule has 1 aliphatic heterocycles. The summed E-state index contributed by atoms with van der Waals surface area (Å²) in [5.41, 5.74) is 0.0416. The number of hydrogen-bond acceptors (Lipinski definition) is 6. The van der Waals surface area contributed by atoms with Gasteiger partial charge in [-0.15, -0.1) is 0 Å². The third kappa shape index (κ3) is 3.82. The molecule has 0 fully saturated rings. The molecule has 0 saturated carbocycles. The van der Waals surface area contributed by atoms with E-state index in [4.69, 9.17) is 21.1 Å². The SMILES string of the molecule is COc1c(F)cc2cc1NS(=O)(=O)c1cc(cc(Cl)c1O)C(=O)OCc1ccc(F)cc1-2. The van der Waals surface area contributed by atoms with Gasteiger partial charge in [0.25, 0.3) is 10.0 Å². The molecule has 0 amide bonds. The second-order valence-corrected chi connectivity index (χ2v) is 8.88. The van der Waals surface area contributed by atoms with Gasteiger partial charge in [0, 0.05) is 0 Å². The van der Waals surface area contributed by atoms with Gasteiger partial charge in [-0.05, 0) is 53.1 Å². The number of methoxy groups -OCH3 is 1. The van der Waals surface area contributed by atoms with E-state index in [2.05, 4.69) is 4.72 Å². The summed E-state index contributed by atoms with van der Waals surface area (Å²) in [6, 6.07) is 7.80. The van der Waals surface area contributed by atoms with Gasteiger partial charge in [-0.3, -0.25) is 4.72 Å². The van der Waals surface area contributed by atoms with Crippen LogP contribution in [0.5, 0.6) is 11.5 Å². The minimum Gasteiger partial charge on any atom is -0.505 e. The van der Waals surface area contributed by atoms with Crippen LogP contribution in [0.2, 0.25) is 5.02 Å². The summed E-state index contributed by atoms with van der Waals surface area (Å²) in [6.07, 6.45) is 0. The van der Waals surface area contributed by atoms with Crippen molar-refractivity contribution < 1.29 is 36.6 Å². The van der Waals surface area contributed by atoms with Crippen molar-refractivity contribution in [2.75, 3.05) is 11.8 Å². The van der Waals surface area contributed by atoms with Gasteiger partial charge in [0.2, 0.25) is 0 Å². The highest BCUT2D eigenvalue weighted by Gasteiger charge is 2.27. The maximum absolute atomic E-state index is 14.8. The number of benzene rings is 3. The van der Waals surface area contributed by atoms with Crippen molar-refractivity contribution in [3.63, 3.8) is 0 Å². The van der Waals surface area contributed by atoms with E-state index in [9.17, 15) is 27.1 Å². The number of nitrogens with one attached hydrogen (secondary N) is 1. The van der Waals surface area contributed by atoms with Crippen LogP contribution in [0.3, 0.4) is 0 Å². The predicted molar refractivity (Wildman–Crippen MR) is 111 cm³/mol. The maximum atomic E-state index is 14.8. The Bertz CT molecular complexity index is 1380. The summed E-state index contributed by atoms with van der Waals surface area (Å²) in [5.74, 6) is -3.75. The molecule has 0 atom stereocenters. The Morgan fingerprint density at radius 1 is 1.12 bits per heavy atom. The average molecular weight is 482 g/mol. The molecule has 1 aliphatic rings. The molecule has 0 saturated heterocycles. The fourth-order valence-corrected chi connectivity index (χ4v) is 4.77. The van der Waals surface area contributed by atoms with Crippen molar-refractivity contribution in [1.29, 1.82) is 0 Å². The van der Waals surface area contributed by atoms with Crippen LogP contribution in [0.4, 0.5) is 14.5 Å². The number of phenolic OH excluding ortho intramolecular Hbond substituents is 1. The van der Waals surface area contributed by atoms with Crippen LogP contribution in [0.1, 0.15) is 15.9 Å². The molecule has 0 radical (unpaired) electrons. The third-order valence-corrected chi connectivity index (χ3v) is 6.45. The van der Waals surface area contributed by atoms with Crippen molar-refractivity contribution >= 4 is 33.3 Å². The second-order valence-electron chi connectivity index (χ2n) is 6.83. The maximum Gasteiger partial charge on any atom is 0.338 e. The Hall–Kier alpha value is -3.37. The Morgan fingerprint density at radius 3 is 2.59 bits per heavy atom. The molecule has 0 aromatic heterocycles. The number of hydrogen-bond donors (Lipinski definition) is 2. The van der Waals surface area contributed by atoms with E-state index in [1.54, 1.807) is 0 Å². The van der Waals surface area contributed by atoms with Crippen LogP contribution in [-0.2, 0) is 21.4 Å². The van der Waals surface area contributed by atoms with Gasteiger partial charge in [0.05, 0.1) is 23.4 Å². The number of carbonyl (C=O) groups is 1. The predicted octanol–water partition coefficient (Wildman–Crippen LogP) is 4.47. The number of phenols is 1. The molecule has 166 valence electrons. The lowest BCUT2D eigenvalue weighted by Crippen LogP contribution is -2.15. The van der Waals surface area contributed by atoms with E-state index in [1.807, 2.05) is 0 Å². The van der Waals surface area contributed by atoms with Crippen molar-refractivity contribution in [2.45, 2.75) is 11.5 Å². The van der Waals surface area contributed by atoms with Crippen molar-refractivity contribution in [1.82, 2.24) is 0 Å². The number of cyclic esters (lactones) is 1. The quantitative estimate of drug-likeness (QED) is 0.497. The second kappa shape index (κ2) is 7.95. The molecule has 0 unspecified atom stereocenters. The highest BCUT2D eigenvalue weighted by molar-refractivity contribution is 7.92. The van der Waals surface area contributed by atoms with Crippen molar-refractivity contribution in [2.24, 2.45) is 0 Å². The number of halogens is 3. The topological polar surface area (TPSA) is 102 Å². The molecule has 11 heteroatoms. The van der Waals surface area contributed by atoms with Crippen LogP contribution in [0.15, 0.2) is 47.4 Å². The van der Waals surface area contributed by atoms with Gasteiger partial charge in [0.1, 0.15) is 17.3 Å². The minimum atomic E-state index is -4.58. The Morgan fingerprint density at radius 2 is 1.88 bits per heavy atom. The van der Waals surface area contributed by atoms with Crippen molar-refractivity contribution in [3.8, 4) is 22.6 Å². The molecule has 4 bridgehead atoms. The molecule has 0 aliphatic carbocycles. The first-order chi connectivity index (χ1) is 15.1. The molecule has 2 N–H and O–H groups in total. The molecule has 32 heavy (non-hydrogen) atoms. The number of aromatic hydroxyl groups is 1. The number of sulfonamides is 1. The van der Waals surface area contributed by atoms with E-state index in [1.165, 1.54) is 12.1 Å². The molecule has 0 spiro atoms. The molecule has 3 aromatic rings. The van der Waals surface area contributed by atoms with Crippen LogP contribution in [0.25, 0.3) is 11.1 Å². The summed E-state index contributed by atoms with van der Waals surface area (Å²) in [4.78, 5) is 11.8. The first kappa shape index (κ1) is 21.8. The molecule has 1 heterocycles. The number of carbonyl (C=O) groups excluding carboxylic acids is 1. The molecule has 3 aromatic carbocycles. The molecule has 7 nitrogen and oxygen atoms in total. The highest BCUT2D eigenvalue weighted by atomic mass is 35.5. The first-order valence-electron chi connectivity index (χ1n) is 8.99. The molecule has 4 rings (SSSR count). The Labute approximate surface area is 186 Å². The number of rotatable bonds is 1. The summed E-state index contributed by atoms with van der Waals surface area (Å²) >= 11 is 5.92. The Balaban J connectivity index is 2.04. The lowest BCUT2D eigenvalue weighted by atomic mass is 9.99. The van der Waals surface area contributed by atoms with Gasteiger partial charge >= 0.3 is 5.97 Å². The Kier molecular flexibility index (Phi) is 5.43. The largest absolute Gasteiger partial charge is 0.505 e. The fourth-order valence-electron chi connectivity index (χ4n) is 3.30. The van der Waals surface area contributed by atoms with Gasteiger partial charge < -0.3 is 14.6 Å². The summed E-state index contributed by atoms with van der Waals surface area (Å²) in [6.45, 7) is -0.328. The number of anilines is 1. The highest BCUT2D eigenvalue weighted by Crippen LogP contribution is 2.39. The van der Waals surface area contributed by atoms with E-state index in [0.717, 1.165) is 37.4 Å². The summed E-state index contributed by atoms with van der Waals surface area (Å²) in [5, 5.41) is 9.80. The lowest BCUT2D eigenvalue weighted by molar-refractivity contribution is 0.0473. The van der Waals surface area contributed by atoms with E-state index >= 15 is 0 Å². The zero-order valence-corrected chi connectivity index (χ0v) is 17.9. The van der Waals surface area contributed by atoms with E-state index in [0.29, 0.717) is 5.56 Å². The minimum absolute atomic E-state index is 0.0970. The third-order valence-electron chi connectivity index (χ3n) is 4.79. The molecular weight excluding hydrogens is 468 g/mol. The zero-order valence-electron chi connectivity index (χ0n) is 16.3. The average Bonchev–Trinajstić information content (AvgIpc) is 2.73. The number of ether oxygens (including phenoxy) is 2. The van der Waals surface area contributed by atoms with Gasteiger partial charge in [-0.2, -0.15) is 0 Å². The summed E-state index contributed by atoms with van der Waals surface area (Å²) < 4.78 is 67.2. The van der Waals surface area contributed by atoms with Gasteiger partial charge in [-0.1, -0.05) is 17.7 Å². The number of esters is 1. The zero-order chi connectivity index (χ0) is 23.2. The standard InChI is InChI=1S/C21H14ClF2NO6S/c1-30-20-16(24)5-11-6-17(20)25-32(28,29)18-7-12(4-15(22)19(18)26)21(27)31-9-10-2-3-13(23)8-14(10)11/h2-8,25-26H,9H2,1H3. The van der Waals surface area contributed by atoms with Crippen molar-refractivity contribution in [3.05, 3.63) is 70.2 Å². The van der Waals surface area contributed by atoms with Crippen LogP contribution in [0, 0.1) is 11.6 Å². The smallest absolute Gasteiger partial charge is 0.338 e. The van der Waals surface area contributed by atoms with Gasteiger partial charge in [0.15, 0.2) is 17.3 Å². The van der Waals surface area contributed by atoms with Crippen LogP contribution in [-0.4, -0.2) is 26.6 Å². The first-order valence-corrected chi connectivity index (χ1v) is 10.9. The van der Waals surface area contributed by atoms with E-state index in [-0.39, 0.29) is 29.0 Å². The fraction of sp³-hybridized carbons (Fsp3) is 0.0952. The lowest BCUT2D eigenvalue weighted by Gasteiger charge is -2.16. The van der Waals surface area contributed by atoms with Crippen LogP contribution >= 0.6 is 11.6 Å². The number of fused-ring (bicyclic) bond motifs is 6. The molecular formula is C21H14ClF2NO6S. The monoisotopic (exact) mass is 481 g/mol. The normalized spacial score (nSPS) is 14.7. The van der Waals surface area contributed by atoms with Gasteiger partial charge in [-0.25, -0.2) is 22.0 Å². The van der Waals surface area contributed by atoms with Crippen LogP contribution < -0.4 is 9.46 Å². The van der Waals surface area contributed by atoms with E-state index < -0.39 is 49.0 Å².